The van der Waals surface area contributed by atoms with Crippen LogP contribution in [0.5, 0.6) is 0 Å². The maximum Gasteiger partial charge on any atom is 0.495 e. The Morgan fingerprint density at radius 1 is 1.19 bits per heavy atom. The molecule has 26 heavy (non-hydrogen) atoms. The first-order valence-electron chi connectivity index (χ1n) is 8.80. The topological polar surface area (TPSA) is 48.6 Å². The molecule has 1 aliphatic rings. The SMILES string of the molecule is C=N/C(=C\c1cccc(B2OC(C)(C)C(C)(C)O2)c1C)n1cc(C)cn1. The van der Waals surface area contributed by atoms with Gasteiger partial charge in [0.1, 0.15) is 0 Å². The van der Waals surface area contributed by atoms with Crippen molar-refractivity contribution in [1.82, 2.24) is 9.78 Å². The van der Waals surface area contributed by atoms with E-state index in [-0.39, 0.29) is 18.3 Å². The molecule has 0 aliphatic carbocycles. The van der Waals surface area contributed by atoms with Crippen LogP contribution in [-0.4, -0.2) is 34.8 Å². The van der Waals surface area contributed by atoms with Gasteiger partial charge in [-0.05, 0) is 76.5 Å². The average Bonchev–Trinajstić information content (AvgIpc) is 3.07. The van der Waals surface area contributed by atoms with Gasteiger partial charge in [-0.3, -0.25) is 0 Å². The summed E-state index contributed by atoms with van der Waals surface area (Å²) < 4.78 is 14.1. The molecule has 0 bridgehead atoms. The van der Waals surface area contributed by atoms with Crippen molar-refractivity contribution in [3.8, 4) is 0 Å². The Morgan fingerprint density at radius 3 is 2.38 bits per heavy atom. The summed E-state index contributed by atoms with van der Waals surface area (Å²) in [5.74, 6) is 0.673. The molecule has 0 radical (unpaired) electrons. The second kappa shape index (κ2) is 6.52. The number of nitrogens with zero attached hydrogens (tertiary/aromatic N) is 3. The second-order valence-electron chi connectivity index (χ2n) is 7.77. The van der Waals surface area contributed by atoms with Gasteiger partial charge in [0.2, 0.25) is 0 Å². The minimum Gasteiger partial charge on any atom is -0.399 e. The third-order valence-corrected chi connectivity index (χ3v) is 5.32. The number of hydrogen-bond donors (Lipinski definition) is 0. The predicted molar refractivity (Wildman–Crippen MR) is 108 cm³/mol. The molecule has 0 N–H and O–H groups in total. The standard InChI is InChI=1S/C20H26BN3O2/c1-14-12-23-24(13-14)18(22-7)11-16-9-8-10-17(15(16)2)21-25-19(3,4)20(5,6)26-21/h8-13H,7H2,1-6H3/b18-11+. The molecule has 1 aliphatic heterocycles. The summed E-state index contributed by atoms with van der Waals surface area (Å²) in [6.07, 6.45) is 5.70. The molecule has 2 aromatic rings. The Hall–Kier alpha value is -2.18. The number of aryl methyl sites for hydroxylation is 1. The quantitative estimate of drug-likeness (QED) is 0.626. The average molecular weight is 351 g/mol. The van der Waals surface area contributed by atoms with E-state index in [0.717, 1.165) is 22.2 Å². The molecule has 0 atom stereocenters. The largest absolute Gasteiger partial charge is 0.495 e. The molecule has 1 fully saturated rings. The van der Waals surface area contributed by atoms with E-state index in [1.165, 1.54) is 0 Å². The number of hydrogen-bond acceptors (Lipinski definition) is 4. The molecular weight excluding hydrogens is 325 g/mol. The van der Waals surface area contributed by atoms with E-state index in [4.69, 9.17) is 9.31 Å². The lowest BCUT2D eigenvalue weighted by Gasteiger charge is -2.32. The van der Waals surface area contributed by atoms with Crippen molar-refractivity contribution < 1.29 is 9.31 Å². The molecule has 0 saturated carbocycles. The zero-order chi connectivity index (χ0) is 19.1. The smallest absolute Gasteiger partial charge is 0.399 e. The van der Waals surface area contributed by atoms with Crippen LogP contribution in [0.15, 0.2) is 35.6 Å². The lowest BCUT2D eigenvalue weighted by atomic mass is 9.75. The number of aliphatic imine (C=N–C) groups is 1. The van der Waals surface area contributed by atoms with Gasteiger partial charge in [0, 0.05) is 6.20 Å². The fourth-order valence-electron chi connectivity index (χ4n) is 2.92. The van der Waals surface area contributed by atoms with Gasteiger partial charge in [-0.1, -0.05) is 18.2 Å². The molecule has 1 saturated heterocycles. The first-order chi connectivity index (χ1) is 12.1. The zero-order valence-corrected chi connectivity index (χ0v) is 16.4. The molecule has 1 aromatic carbocycles. The molecular formula is C20H26BN3O2. The first-order valence-corrected chi connectivity index (χ1v) is 8.80. The summed E-state index contributed by atoms with van der Waals surface area (Å²) in [4.78, 5) is 4.13. The van der Waals surface area contributed by atoms with Gasteiger partial charge in [0.05, 0.1) is 17.4 Å². The van der Waals surface area contributed by atoms with Gasteiger partial charge in [0.25, 0.3) is 0 Å². The van der Waals surface area contributed by atoms with E-state index in [1.807, 2.05) is 37.4 Å². The Balaban J connectivity index is 1.98. The molecule has 1 aromatic heterocycles. The molecule has 5 nitrogen and oxygen atoms in total. The highest BCUT2D eigenvalue weighted by atomic mass is 16.7. The van der Waals surface area contributed by atoms with Gasteiger partial charge in [-0.2, -0.15) is 5.10 Å². The highest BCUT2D eigenvalue weighted by Crippen LogP contribution is 2.36. The van der Waals surface area contributed by atoms with Gasteiger partial charge in [-0.25, -0.2) is 9.67 Å². The second-order valence-corrected chi connectivity index (χ2v) is 7.77. The van der Waals surface area contributed by atoms with E-state index >= 15 is 0 Å². The highest BCUT2D eigenvalue weighted by molar-refractivity contribution is 6.62. The Labute approximate surface area is 155 Å². The van der Waals surface area contributed by atoms with Crippen molar-refractivity contribution in [2.45, 2.75) is 52.7 Å². The summed E-state index contributed by atoms with van der Waals surface area (Å²) in [6.45, 7) is 16.0. The van der Waals surface area contributed by atoms with Crippen molar-refractivity contribution in [2.75, 3.05) is 0 Å². The molecule has 2 heterocycles. The van der Waals surface area contributed by atoms with Gasteiger partial charge < -0.3 is 9.31 Å². The predicted octanol–water partition coefficient (Wildman–Crippen LogP) is 3.46. The van der Waals surface area contributed by atoms with Crippen LogP contribution in [0.25, 0.3) is 11.9 Å². The van der Waals surface area contributed by atoms with Crippen LogP contribution in [0.3, 0.4) is 0 Å². The summed E-state index contributed by atoms with van der Waals surface area (Å²) >= 11 is 0. The lowest BCUT2D eigenvalue weighted by molar-refractivity contribution is 0.00578. The van der Waals surface area contributed by atoms with Gasteiger partial charge in [0.15, 0.2) is 5.82 Å². The van der Waals surface area contributed by atoms with Crippen LogP contribution in [0.4, 0.5) is 0 Å². The minimum absolute atomic E-state index is 0.365. The summed E-state index contributed by atoms with van der Waals surface area (Å²) in [6, 6.07) is 6.10. The summed E-state index contributed by atoms with van der Waals surface area (Å²) in [5, 5.41) is 4.32. The van der Waals surface area contributed by atoms with Crippen LogP contribution in [0.1, 0.15) is 44.4 Å². The van der Waals surface area contributed by atoms with Crippen molar-refractivity contribution in [2.24, 2.45) is 4.99 Å². The molecule has 0 spiro atoms. The monoisotopic (exact) mass is 351 g/mol. The van der Waals surface area contributed by atoms with E-state index in [9.17, 15) is 0 Å². The number of rotatable bonds is 4. The normalized spacial score (nSPS) is 19.0. The molecule has 0 unspecified atom stereocenters. The number of benzene rings is 1. The van der Waals surface area contributed by atoms with Crippen LogP contribution < -0.4 is 5.46 Å². The Kier molecular flexibility index (Phi) is 4.67. The molecule has 6 heteroatoms. The van der Waals surface area contributed by atoms with Crippen LogP contribution in [0.2, 0.25) is 0 Å². The fraction of sp³-hybridized carbons (Fsp3) is 0.400. The molecule has 0 amide bonds. The fourth-order valence-corrected chi connectivity index (χ4v) is 2.92. The van der Waals surface area contributed by atoms with Gasteiger partial charge >= 0.3 is 7.12 Å². The van der Waals surface area contributed by atoms with E-state index < -0.39 is 0 Å². The van der Waals surface area contributed by atoms with Crippen molar-refractivity contribution >= 4 is 31.2 Å². The molecule has 136 valence electrons. The first kappa shape index (κ1) is 18.6. The van der Waals surface area contributed by atoms with Crippen LogP contribution >= 0.6 is 0 Å². The van der Waals surface area contributed by atoms with Crippen molar-refractivity contribution in [3.05, 3.63) is 47.3 Å². The number of aromatic nitrogens is 2. The van der Waals surface area contributed by atoms with E-state index in [1.54, 1.807) is 10.9 Å². The Bertz CT molecular complexity index is 852. The van der Waals surface area contributed by atoms with Crippen molar-refractivity contribution in [3.63, 3.8) is 0 Å². The van der Waals surface area contributed by atoms with E-state index in [2.05, 4.69) is 51.4 Å². The van der Waals surface area contributed by atoms with E-state index in [0.29, 0.717) is 5.82 Å². The summed E-state index contributed by atoms with van der Waals surface area (Å²) in [5.41, 5.74) is 3.50. The highest BCUT2D eigenvalue weighted by Gasteiger charge is 2.52. The third-order valence-electron chi connectivity index (χ3n) is 5.32. The third kappa shape index (κ3) is 3.27. The van der Waals surface area contributed by atoms with Gasteiger partial charge in [-0.15, -0.1) is 0 Å². The minimum atomic E-state index is -0.388. The summed E-state index contributed by atoms with van der Waals surface area (Å²) in [7, 11) is -0.388. The maximum atomic E-state index is 6.21. The van der Waals surface area contributed by atoms with Crippen molar-refractivity contribution in [1.29, 1.82) is 0 Å². The lowest BCUT2D eigenvalue weighted by Crippen LogP contribution is -2.41. The van der Waals surface area contributed by atoms with Crippen LogP contribution in [0, 0.1) is 13.8 Å². The Morgan fingerprint density at radius 2 is 1.85 bits per heavy atom. The maximum absolute atomic E-state index is 6.21. The molecule has 3 rings (SSSR count). The zero-order valence-electron chi connectivity index (χ0n) is 16.4. The van der Waals surface area contributed by atoms with Crippen LogP contribution in [-0.2, 0) is 9.31 Å².